The van der Waals surface area contributed by atoms with Crippen molar-refractivity contribution in [1.82, 2.24) is 14.6 Å². The predicted octanol–water partition coefficient (Wildman–Crippen LogP) is 4.98. The van der Waals surface area contributed by atoms with E-state index in [1.54, 1.807) is 12.1 Å². The van der Waals surface area contributed by atoms with Crippen LogP contribution in [0.15, 0.2) is 64.2 Å². The van der Waals surface area contributed by atoms with Gasteiger partial charge in [0.15, 0.2) is 17.1 Å². The standard InChI is InChI=1S/C19H13F3N4O2S/c1-29-15-7-3-2-5-12(15)25-18(27)11-10-23-26-16(19(20,21)22)9-13(24-17(11)26)14-6-4-8-28-14/h2-10H,1H3,(H,25,27). The molecular weight excluding hydrogens is 405 g/mol. The van der Waals surface area contributed by atoms with Gasteiger partial charge in [0.2, 0.25) is 0 Å². The summed E-state index contributed by atoms with van der Waals surface area (Å²) < 4.78 is 46.5. The van der Waals surface area contributed by atoms with Crippen LogP contribution in [0.5, 0.6) is 0 Å². The highest BCUT2D eigenvalue weighted by molar-refractivity contribution is 7.98. The molecule has 0 atom stereocenters. The molecule has 0 saturated carbocycles. The lowest BCUT2D eigenvalue weighted by Gasteiger charge is -2.11. The van der Waals surface area contributed by atoms with E-state index in [4.69, 9.17) is 4.42 Å². The average Bonchev–Trinajstić information content (AvgIpc) is 3.36. The van der Waals surface area contributed by atoms with Crippen molar-refractivity contribution in [2.24, 2.45) is 0 Å². The highest BCUT2D eigenvalue weighted by atomic mass is 32.2. The zero-order chi connectivity index (χ0) is 20.6. The number of hydrogen-bond donors (Lipinski definition) is 1. The van der Waals surface area contributed by atoms with Gasteiger partial charge in [0, 0.05) is 4.90 Å². The number of benzene rings is 1. The van der Waals surface area contributed by atoms with Crippen LogP contribution in [0.4, 0.5) is 18.9 Å². The number of carbonyl (C=O) groups is 1. The summed E-state index contributed by atoms with van der Waals surface area (Å²) in [6.45, 7) is 0. The first kappa shape index (κ1) is 19.1. The van der Waals surface area contributed by atoms with E-state index in [0.29, 0.717) is 10.2 Å². The minimum Gasteiger partial charge on any atom is -0.463 e. The molecule has 29 heavy (non-hydrogen) atoms. The van der Waals surface area contributed by atoms with Crippen LogP contribution in [0, 0.1) is 0 Å². The van der Waals surface area contributed by atoms with E-state index in [1.165, 1.54) is 30.2 Å². The smallest absolute Gasteiger partial charge is 0.433 e. The molecule has 1 amide bonds. The first-order valence-corrected chi connectivity index (χ1v) is 9.55. The maximum Gasteiger partial charge on any atom is 0.433 e. The van der Waals surface area contributed by atoms with Crippen molar-refractivity contribution in [2.75, 3.05) is 11.6 Å². The summed E-state index contributed by atoms with van der Waals surface area (Å²) in [6.07, 6.45) is -0.445. The van der Waals surface area contributed by atoms with Crippen molar-refractivity contribution in [3.8, 4) is 11.5 Å². The van der Waals surface area contributed by atoms with Gasteiger partial charge in [-0.25, -0.2) is 9.50 Å². The lowest BCUT2D eigenvalue weighted by Crippen LogP contribution is -2.16. The van der Waals surface area contributed by atoms with E-state index >= 15 is 0 Å². The van der Waals surface area contributed by atoms with Crippen LogP contribution in [0.3, 0.4) is 0 Å². The number of carbonyl (C=O) groups excluding carboxylic acids is 1. The Labute approximate surface area is 166 Å². The third kappa shape index (κ3) is 3.58. The molecule has 0 unspecified atom stereocenters. The SMILES string of the molecule is CSc1ccccc1NC(=O)c1cnn2c(C(F)(F)F)cc(-c3ccco3)nc12. The van der Waals surface area contributed by atoms with Gasteiger partial charge in [-0.3, -0.25) is 4.79 Å². The van der Waals surface area contributed by atoms with E-state index in [-0.39, 0.29) is 22.7 Å². The van der Waals surface area contributed by atoms with Crippen molar-refractivity contribution in [3.63, 3.8) is 0 Å². The number of para-hydroxylation sites is 1. The number of aromatic nitrogens is 3. The number of fused-ring (bicyclic) bond motifs is 1. The molecule has 0 aliphatic rings. The monoisotopic (exact) mass is 418 g/mol. The summed E-state index contributed by atoms with van der Waals surface area (Å²) in [6, 6.07) is 11.0. The number of anilines is 1. The zero-order valence-corrected chi connectivity index (χ0v) is 15.7. The molecule has 0 radical (unpaired) electrons. The molecule has 3 aromatic heterocycles. The van der Waals surface area contributed by atoms with Crippen LogP contribution in [-0.2, 0) is 6.18 Å². The Bertz CT molecular complexity index is 1190. The largest absolute Gasteiger partial charge is 0.463 e. The summed E-state index contributed by atoms with van der Waals surface area (Å²) in [5, 5.41) is 6.46. The molecule has 1 N–H and O–H groups in total. The molecule has 0 spiro atoms. The Morgan fingerprint density at radius 2 is 2.00 bits per heavy atom. The van der Waals surface area contributed by atoms with Gasteiger partial charge in [-0.1, -0.05) is 12.1 Å². The van der Waals surface area contributed by atoms with Gasteiger partial charge in [0.05, 0.1) is 18.1 Å². The van der Waals surface area contributed by atoms with E-state index in [9.17, 15) is 18.0 Å². The van der Waals surface area contributed by atoms with Gasteiger partial charge >= 0.3 is 6.18 Å². The highest BCUT2D eigenvalue weighted by Crippen LogP contribution is 2.33. The molecule has 0 saturated heterocycles. The molecule has 148 valence electrons. The average molecular weight is 418 g/mol. The zero-order valence-electron chi connectivity index (χ0n) is 14.9. The summed E-state index contributed by atoms with van der Waals surface area (Å²) in [5.74, 6) is -0.461. The Kier molecular flexibility index (Phi) is 4.79. The minimum atomic E-state index is -4.70. The van der Waals surface area contributed by atoms with Crippen molar-refractivity contribution in [3.05, 3.63) is 66.2 Å². The van der Waals surface area contributed by atoms with Crippen LogP contribution in [0.25, 0.3) is 17.1 Å². The summed E-state index contributed by atoms with van der Waals surface area (Å²) in [4.78, 5) is 17.8. The van der Waals surface area contributed by atoms with Crippen LogP contribution < -0.4 is 5.32 Å². The second-order valence-electron chi connectivity index (χ2n) is 5.95. The predicted molar refractivity (Wildman–Crippen MR) is 102 cm³/mol. The van der Waals surface area contributed by atoms with Crippen molar-refractivity contribution in [1.29, 1.82) is 0 Å². The fourth-order valence-electron chi connectivity index (χ4n) is 2.81. The fourth-order valence-corrected chi connectivity index (χ4v) is 3.37. The number of hydrogen-bond acceptors (Lipinski definition) is 5. The Morgan fingerprint density at radius 3 is 2.69 bits per heavy atom. The lowest BCUT2D eigenvalue weighted by atomic mass is 10.2. The van der Waals surface area contributed by atoms with Gasteiger partial charge < -0.3 is 9.73 Å². The first-order chi connectivity index (χ1) is 13.9. The molecule has 6 nitrogen and oxygen atoms in total. The molecule has 0 aliphatic heterocycles. The second kappa shape index (κ2) is 7.28. The molecule has 4 rings (SSSR count). The molecule has 0 aliphatic carbocycles. The van der Waals surface area contributed by atoms with Crippen molar-refractivity contribution in [2.45, 2.75) is 11.1 Å². The Balaban J connectivity index is 1.83. The number of furan rings is 1. The molecule has 10 heteroatoms. The number of nitrogens with one attached hydrogen (secondary N) is 1. The Hall–Kier alpha value is -3.27. The molecule has 0 bridgehead atoms. The lowest BCUT2D eigenvalue weighted by molar-refractivity contribution is -0.142. The van der Waals surface area contributed by atoms with Crippen molar-refractivity contribution < 1.29 is 22.4 Å². The third-order valence-corrected chi connectivity index (χ3v) is 4.93. The molecular formula is C19H13F3N4O2S. The summed E-state index contributed by atoms with van der Waals surface area (Å²) in [5.41, 5.74) is -0.862. The number of alkyl halides is 3. The van der Waals surface area contributed by atoms with Crippen LogP contribution in [0.1, 0.15) is 16.1 Å². The van der Waals surface area contributed by atoms with E-state index in [2.05, 4.69) is 15.4 Å². The second-order valence-corrected chi connectivity index (χ2v) is 6.80. The van der Waals surface area contributed by atoms with Crippen LogP contribution in [-0.4, -0.2) is 26.8 Å². The maximum absolute atomic E-state index is 13.6. The summed E-state index contributed by atoms with van der Waals surface area (Å²) >= 11 is 1.43. The number of nitrogens with zero attached hydrogens (tertiary/aromatic N) is 3. The van der Waals surface area contributed by atoms with E-state index < -0.39 is 17.8 Å². The van der Waals surface area contributed by atoms with Gasteiger partial charge in [0.1, 0.15) is 11.3 Å². The molecule has 3 heterocycles. The highest BCUT2D eigenvalue weighted by Gasteiger charge is 2.36. The number of halogens is 3. The number of amides is 1. The van der Waals surface area contributed by atoms with Gasteiger partial charge in [-0.2, -0.15) is 18.3 Å². The quantitative estimate of drug-likeness (QED) is 0.473. The minimum absolute atomic E-state index is 0.0473. The van der Waals surface area contributed by atoms with Crippen LogP contribution in [0.2, 0.25) is 0 Å². The fraction of sp³-hybridized carbons (Fsp3) is 0.105. The molecule has 0 fully saturated rings. The van der Waals surface area contributed by atoms with Gasteiger partial charge in [-0.05, 0) is 36.6 Å². The van der Waals surface area contributed by atoms with Gasteiger partial charge in [-0.15, -0.1) is 11.8 Å². The van der Waals surface area contributed by atoms with Gasteiger partial charge in [0.25, 0.3) is 5.91 Å². The first-order valence-electron chi connectivity index (χ1n) is 8.32. The molecule has 1 aromatic carbocycles. The normalized spacial score (nSPS) is 11.7. The van der Waals surface area contributed by atoms with E-state index in [0.717, 1.165) is 17.2 Å². The summed E-state index contributed by atoms with van der Waals surface area (Å²) in [7, 11) is 0. The topological polar surface area (TPSA) is 72.4 Å². The number of thioether (sulfide) groups is 1. The number of rotatable bonds is 4. The van der Waals surface area contributed by atoms with Crippen molar-refractivity contribution >= 4 is 29.0 Å². The molecule has 4 aromatic rings. The Morgan fingerprint density at radius 1 is 1.21 bits per heavy atom. The van der Waals surface area contributed by atoms with E-state index in [1.807, 2.05) is 18.4 Å². The third-order valence-electron chi connectivity index (χ3n) is 4.14. The maximum atomic E-state index is 13.6. The van der Waals surface area contributed by atoms with Crippen LogP contribution >= 0.6 is 11.8 Å².